The van der Waals surface area contributed by atoms with Crippen LogP contribution >= 0.6 is 34.0 Å². The third-order valence-electron chi connectivity index (χ3n) is 5.63. The predicted octanol–water partition coefficient (Wildman–Crippen LogP) is 6.59. The number of hydrogen-bond donors (Lipinski definition) is 3. The van der Waals surface area contributed by atoms with Crippen LogP contribution in [0.5, 0.6) is 0 Å². The molecule has 0 aliphatic rings. The molecule has 3 rings (SSSR count). The lowest BCUT2D eigenvalue weighted by molar-refractivity contribution is -0.000868. The summed E-state index contributed by atoms with van der Waals surface area (Å²) in [5, 5.41) is 6.05. The van der Waals surface area contributed by atoms with E-state index < -0.39 is 0 Å². The molecule has 12 heteroatoms. The molecule has 0 bridgehead atoms. The summed E-state index contributed by atoms with van der Waals surface area (Å²) < 4.78 is 17.2. The molecule has 0 unspecified atom stereocenters. The summed E-state index contributed by atoms with van der Waals surface area (Å²) in [6, 6.07) is 12.1. The van der Waals surface area contributed by atoms with Gasteiger partial charge in [0.05, 0.1) is 19.8 Å². The fourth-order valence-corrected chi connectivity index (χ4v) is 5.22. The molecule has 46 heavy (non-hydrogen) atoms. The van der Waals surface area contributed by atoms with Gasteiger partial charge in [-0.05, 0) is 89.0 Å². The first-order valence-corrected chi connectivity index (χ1v) is 17.0. The zero-order chi connectivity index (χ0) is 32.5. The van der Waals surface area contributed by atoms with E-state index in [4.69, 9.17) is 31.4 Å². The van der Waals surface area contributed by atoms with Gasteiger partial charge in [0.15, 0.2) is 0 Å². The van der Waals surface area contributed by atoms with Crippen LogP contribution in [0.2, 0.25) is 0 Å². The van der Waals surface area contributed by atoms with Crippen molar-refractivity contribution in [3.63, 3.8) is 0 Å². The molecule has 3 aromatic rings. The minimum absolute atomic E-state index is 0.0568. The van der Waals surface area contributed by atoms with E-state index in [-0.39, 0.29) is 26.1 Å². The molecule has 0 fully saturated rings. The van der Waals surface area contributed by atoms with Crippen LogP contribution in [0.15, 0.2) is 121 Å². The van der Waals surface area contributed by atoms with Crippen LogP contribution in [0.3, 0.4) is 0 Å². The number of nitrogens with two attached hydrogens (primary N) is 3. The molecule has 3 heterocycles. The van der Waals surface area contributed by atoms with E-state index in [1.807, 2.05) is 89.0 Å². The normalized spacial score (nSPS) is 13.9. The molecule has 0 saturated carbocycles. The first-order chi connectivity index (χ1) is 22.6. The van der Waals surface area contributed by atoms with Gasteiger partial charge in [0.25, 0.3) is 0 Å². The highest BCUT2D eigenvalue weighted by atomic mass is 32.1. The van der Waals surface area contributed by atoms with E-state index >= 15 is 0 Å². The Hall–Kier alpha value is -4.17. The number of allylic oxidation sites excluding steroid dienone is 6. The van der Waals surface area contributed by atoms with Gasteiger partial charge in [0, 0.05) is 56.3 Å². The summed E-state index contributed by atoms with van der Waals surface area (Å²) >= 11 is 4.94. The average molecular weight is 677 g/mol. The molecule has 0 aliphatic carbocycles. The first-order valence-electron chi connectivity index (χ1n) is 14.3. The average Bonchev–Trinajstić information content (AvgIpc) is 3.87. The summed E-state index contributed by atoms with van der Waals surface area (Å²) in [4.78, 5) is 16.2. The molecule has 0 saturated heterocycles. The van der Waals surface area contributed by atoms with Crippen molar-refractivity contribution in [1.82, 2.24) is 0 Å². The second kappa shape index (κ2) is 23.2. The lowest BCUT2D eigenvalue weighted by Crippen LogP contribution is -2.22. The van der Waals surface area contributed by atoms with Gasteiger partial charge in [-0.15, -0.1) is 34.0 Å². The van der Waals surface area contributed by atoms with Crippen LogP contribution in [0.25, 0.3) is 18.2 Å². The largest absolute Gasteiger partial charge is 0.399 e. The summed E-state index contributed by atoms with van der Waals surface area (Å²) in [6.45, 7) is 1.67. The Balaban J connectivity index is 1.40. The quantitative estimate of drug-likeness (QED) is 0.0660. The topological polar surface area (TPSA) is 143 Å². The minimum atomic E-state index is -0.0568. The second-order valence-corrected chi connectivity index (χ2v) is 12.3. The number of ether oxygens (including phenoxy) is 3. The highest BCUT2D eigenvalue weighted by Crippen LogP contribution is 2.12. The van der Waals surface area contributed by atoms with Gasteiger partial charge < -0.3 is 31.4 Å². The zero-order valence-corrected chi connectivity index (χ0v) is 27.9. The first kappa shape index (κ1) is 36.3. The fraction of sp³-hybridized carbons (Fsp3) is 0.206. The van der Waals surface area contributed by atoms with Crippen molar-refractivity contribution >= 4 is 70.9 Å². The molecule has 242 valence electrons. The lowest BCUT2D eigenvalue weighted by Gasteiger charge is -2.15. The van der Waals surface area contributed by atoms with E-state index in [1.165, 1.54) is 0 Å². The third-order valence-corrected chi connectivity index (χ3v) is 8.14. The summed E-state index contributed by atoms with van der Waals surface area (Å²) in [7, 11) is 0. The maximum atomic E-state index is 6.00. The van der Waals surface area contributed by atoms with E-state index in [1.54, 1.807) is 70.9 Å². The van der Waals surface area contributed by atoms with Crippen LogP contribution in [0, 0.1) is 5.92 Å². The Bertz CT molecular complexity index is 1320. The molecular weight excluding hydrogens is 637 g/mol. The van der Waals surface area contributed by atoms with Gasteiger partial charge in [0.1, 0.15) is 20.2 Å². The van der Waals surface area contributed by atoms with E-state index in [2.05, 4.69) is 15.0 Å². The third kappa shape index (κ3) is 17.4. The Kier molecular flexibility index (Phi) is 18.3. The standard InChI is InChI=1S/C34H40N6O3S3/c35-29(7-10-32-4-1-19-44-32)13-16-38-25-41-22-28(23-42-26-39-17-14-30(36)8-11-33-5-2-20-45-33)24-43-27-40-18-15-31(37)9-12-34-6-3-21-46-34/h1-21,28H,22-27,35-37H2/b10-7+,11-8+,12-9+,29-13-,30-14-,31-15-,38-16+,39-17+,40-18+. The Morgan fingerprint density at radius 1 is 0.565 bits per heavy atom. The molecule has 0 spiro atoms. The Morgan fingerprint density at radius 2 is 0.891 bits per heavy atom. The van der Waals surface area contributed by atoms with E-state index in [0.717, 1.165) is 14.6 Å². The number of thiophene rings is 3. The van der Waals surface area contributed by atoms with Gasteiger partial charge >= 0.3 is 0 Å². The van der Waals surface area contributed by atoms with Crippen LogP contribution in [0.1, 0.15) is 14.6 Å². The number of hydrogen-bond acceptors (Lipinski definition) is 12. The van der Waals surface area contributed by atoms with Gasteiger partial charge in [-0.25, -0.2) is 0 Å². The molecular formula is C34H40N6O3S3. The summed E-state index contributed by atoms with van der Waals surface area (Å²) in [5.41, 5.74) is 19.8. The fourth-order valence-electron chi connectivity index (χ4n) is 3.37. The monoisotopic (exact) mass is 676 g/mol. The highest BCUT2D eigenvalue weighted by molar-refractivity contribution is 7.11. The second-order valence-electron chi connectivity index (χ2n) is 9.41. The van der Waals surface area contributed by atoms with Gasteiger partial charge in [-0.3, -0.25) is 15.0 Å². The maximum Gasteiger partial charge on any atom is 0.137 e. The molecule has 0 atom stereocenters. The molecule has 0 amide bonds. The minimum Gasteiger partial charge on any atom is -0.399 e. The molecule has 0 radical (unpaired) electrons. The smallest absolute Gasteiger partial charge is 0.137 e. The molecule has 3 aromatic heterocycles. The van der Waals surface area contributed by atoms with Gasteiger partial charge in [-0.2, -0.15) is 0 Å². The predicted molar refractivity (Wildman–Crippen MR) is 198 cm³/mol. The lowest BCUT2D eigenvalue weighted by atomic mass is 10.2. The summed E-state index contributed by atoms with van der Waals surface area (Å²) in [5.74, 6) is -0.0568. The van der Waals surface area contributed by atoms with Gasteiger partial charge in [-0.1, -0.05) is 18.2 Å². The van der Waals surface area contributed by atoms with E-state index in [9.17, 15) is 0 Å². The number of aliphatic imine (C=N–C) groups is 3. The SMILES string of the molecule is NC(=C\C=N\COCC(COC/N=C/C=C(N)/C=C/c1cccs1)COC/N=C/C=C(N)/C=C/c1cccs1)/C=C/c1cccs1. The Labute approximate surface area is 282 Å². The van der Waals surface area contributed by atoms with Gasteiger partial charge in [0.2, 0.25) is 0 Å². The van der Waals surface area contributed by atoms with Crippen molar-refractivity contribution < 1.29 is 14.2 Å². The van der Waals surface area contributed by atoms with Crippen molar-refractivity contribution in [2.24, 2.45) is 38.1 Å². The van der Waals surface area contributed by atoms with Crippen LogP contribution in [-0.4, -0.2) is 58.7 Å². The summed E-state index contributed by atoms with van der Waals surface area (Å²) in [6.07, 6.45) is 21.5. The van der Waals surface area contributed by atoms with Crippen LogP contribution in [0.4, 0.5) is 0 Å². The van der Waals surface area contributed by atoms with Crippen molar-refractivity contribution in [1.29, 1.82) is 0 Å². The van der Waals surface area contributed by atoms with Crippen molar-refractivity contribution in [2.75, 3.05) is 40.0 Å². The Morgan fingerprint density at radius 3 is 1.17 bits per heavy atom. The van der Waals surface area contributed by atoms with Crippen LogP contribution < -0.4 is 17.2 Å². The van der Waals surface area contributed by atoms with Crippen molar-refractivity contribution in [3.05, 3.63) is 121 Å². The van der Waals surface area contributed by atoms with E-state index in [0.29, 0.717) is 36.9 Å². The molecule has 0 aromatic carbocycles. The highest BCUT2D eigenvalue weighted by Gasteiger charge is 2.10. The maximum absolute atomic E-state index is 6.00. The van der Waals surface area contributed by atoms with Crippen LogP contribution in [-0.2, 0) is 14.2 Å². The number of nitrogens with zero attached hydrogens (tertiary/aromatic N) is 3. The van der Waals surface area contributed by atoms with Crippen molar-refractivity contribution in [2.45, 2.75) is 0 Å². The zero-order valence-electron chi connectivity index (χ0n) is 25.5. The molecule has 6 N–H and O–H groups in total. The van der Waals surface area contributed by atoms with Crippen molar-refractivity contribution in [3.8, 4) is 0 Å². The molecule has 0 aliphatic heterocycles. The number of rotatable bonds is 21. The molecule has 9 nitrogen and oxygen atoms in total.